The molecule has 1 heterocycles. The molecule has 0 fully saturated rings. The van der Waals surface area contributed by atoms with E-state index in [0.717, 1.165) is 42.3 Å². The highest BCUT2D eigenvalue weighted by Gasteiger charge is 2.26. The number of nitrogens with one attached hydrogen (secondary N) is 1. The first-order chi connectivity index (χ1) is 11.3. The summed E-state index contributed by atoms with van der Waals surface area (Å²) in [5.74, 6) is 0.0296. The molecule has 24 heavy (non-hydrogen) atoms. The van der Waals surface area contributed by atoms with Crippen LogP contribution in [-0.2, 0) is 32.9 Å². The van der Waals surface area contributed by atoms with Gasteiger partial charge in [0.2, 0.25) is 20.0 Å². The fourth-order valence-electron chi connectivity index (χ4n) is 3.27. The SMILES string of the molecule is CCS(=O)(=O)Nc1ccc2c(c1)c1c(n2S(=O)(=O)CC)CCCC1. The second kappa shape index (κ2) is 6.07. The zero-order valence-electron chi connectivity index (χ0n) is 13.9. The Kier molecular flexibility index (Phi) is 4.37. The van der Waals surface area contributed by atoms with Gasteiger partial charge in [0, 0.05) is 16.8 Å². The Balaban J connectivity index is 2.24. The van der Waals surface area contributed by atoms with E-state index >= 15 is 0 Å². The highest BCUT2D eigenvalue weighted by molar-refractivity contribution is 7.92. The zero-order valence-corrected chi connectivity index (χ0v) is 15.5. The van der Waals surface area contributed by atoms with Crippen LogP contribution in [0.3, 0.4) is 0 Å². The van der Waals surface area contributed by atoms with E-state index in [-0.39, 0.29) is 11.5 Å². The molecule has 3 rings (SSSR count). The fraction of sp³-hybridized carbons (Fsp3) is 0.500. The number of anilines is 1. The standard InChI is InChI=1S/C16H22N2O4S2/c1-3-23(19,20)17-12-9-10-16-14(11-12)13-7-5-6-8-15(13)18(16)24(21,22)4-2/h9-11,17H,3-8H2,1-2H3. The van der Waals surface area contributed by atoms with Crippen LogP contribution in [0.4, 0.5) is 5.69 Å². The maximum Gasteiger partial charge on any atom is 0.238 e. The molecule has 1 aromatic carbocycles. The molecular formula is C16H22N2O4S2. The molecule has 132 valence electrons. The molecule has 1 aromatic heterocycles. The van der Waals surface area contributed by atoms with Crippen molar-refractivity contribution in [3.05, 3.63) is 29.5 Å². The molecule has 1 aliphatic carbocycles. The first kappa shape index (κ1) is 17.3. The molecule has 8 heteroatoms. The van der Waals surface area contributed by atoms with Crippen LogP contribution < -0.4 is 4.72 Å². The lowest BCUT2D eigenvalue weighted by Crippen LogP contribution is -2.19. The lowest BCUT2D eigenvalue weighted by Gasteiger charge is -2.15. The molecule has 0 saturated carbocycles. The van der Waals surface area contributed by atoms with Crippen molar-refractivity contribution >= 4 is 36.6 Å². The van der Waals surface area contributed by atoms with Gasteiger partial charge in [-0.1, -0.05) is 0 Å². The maximum absolute atomic E-state index is 12.6. The maximum atomic E-state index is 12.6. The lowest BCUT2D eigenvalue weighted by molar-refractivity contribution is 0.583. The van der Waals surface area contributed by atoms with Gasteiger partial charge in [-0.2, -0.15) is 0 Å². The molecule has 1 N–H and O–H groups in total. The molecule has 0 unspecified atom stereocenters. The van der Waals surface area contributed by atoms with E-state index in [4.69, 9.17) is 0 Å². The number of fused-ring (bicyclic) bond motifs is 3. The lowest BCUT2D eigenvalue weighted by atomic mass is 9.95. The monoisotopic (exact) mass is 370 g/mol. The predicted octanol–water partition coefficient (Wildman–Crippen LogP) is 2.48. The summed E-state index contributed by atoms with van der Waals surface area (Å²) in [5, 5.41) is 0.832. The number of nitrogens with zero attached hydrogens (tertiary/aromatic N) is 1. The van der Waals surface area contributed by atoms with Gasteiger partial charge in [0.25, 0.3) is 0 Å². The van der Waals surface area contributed by atoms with Gasteiger partial charge in [0.1, 0.15) is 0 Å². The Morgan fingerprint density at radius 3 is 2.42 bits per heavy atom. The normalized spacial score (nSPS) is 15.4. The van der Waals surface area contributed by atoms with Crippen LogP contribution in [0, 0.1) is 0 Å². The second-order valence-electron chi connectivity index (χ2n) is 6.03. The molecule has 0 atom stereocenters. The Bertz CT molecular complexity index is 989. The van der Waals surface area contributed by atoms with Gasteiger partial charge in [-0.15, -0.1) is 0 Å². The van der Waals surface area contributed by atoms with Gasteiger partial charge in [-0.3, -0.25) is 4.72 Å². The Morgan fingerprint density at radius 2 is 1.75 bits per heavy atom. The minimum absolute atomic E-state index is 0.00559. The number of benzene rings is 1. The number of aromatic nitrogens is 1. The summed E-state index contributed by atoms with van der Waals surface area (Å²) in [5.41, 5.74) is 3.01. The molecule has 0 aliphatic heterocycles. The van der Waals surface area contributed by atoms with Crippen LogP contribution in [-0.4, -0.2) is 32.3 Å². The predicted molar refractivity (Wildman–Crippen MR) is 96.5 cm³/mol. The molecule has 0 bridgehead atoms. The molecule has 0 saturated heterocycles. The first-order valence-electron chi connectivity index (χ1n) is 8.19. The minimum Gasteiger partial charge on any atom is -0.284 e. The van der Waals surface area contributed by atoms with E-state index < -0.39 is 20.0 Å². The molecule has 1 aliphatic rings. The van der Waals surface area contributed by atoms with Crippen molar-refractivity contribution in [1.82, 2.24) is 3.97 Å². The van der Waals surface area contributed by atoms with Crippen LogP contribution in [0.5, 0.6) is 0 Å². The van der Waals surface area contributed by atoms with E-state index in [0.29, 0.717) is 11.2 Å². The summed E-state index contributed by atoms with van der Waals surface area (Å²) in [7, 11) is -6.76. The van der Waals surface area contributed by atoms with Gasteiger partial charge < -0.3 is 0 Å². The third-order valence-corrected chi connectivity index (χ3v) is 7.53. The highest BCUT2D eigenvalue weighted by atomic mass is 32.2. The summed E-state index contributed by atoms with van der Waals surface area (Å²) in [6.07, 6.45) is 3.54. The third kappa shape index (κ3) is 2.93. The smallest absolute Gasteiger partial charge is 0.238 e. The largest absolute Gasteiger partial charge is 0.284 e. The topological polar surface area (TPSA) is 85.2 Å². The van der Waals surface area contributed by atoms with Crippen molar-refractivity contribution in [3.63, 3.8) is 0 Å². The van der Waals surface area contributed by atoms with Crippen molar-refractivity contribution in [2.24, 2.45) is 0 Å². The summed E-state index contributed by atoms with van der Waals surface area (Å²) in [6, 6.07) is 5.09. The van der Waals surface area contributed by atoms with Crippen molar-refractivity contribution < 1.29 is 16.8 Å². The quantitative estimate of drug-likeness (QED) is 0.876. The van der Waals surface area contributed by atoms with Crippen LogP contribution in [0.15, 0.2) is 18.2 Å². The summed E-state index contributed by atoms with van der Waals surface area (Å²) >= 11 is 0. The average Bonchev–Trinajstić information content (AvgIpc) is 2.89. The fourth-order valence-corrected chi connectivity index (χ4v) is 5.15. The van der Waals surface area contributed by atoms with E-state index in [9.17, 15) is 16.8 Å². The number of hydrogen-bond acceptors (Lipinski definition) is 4. The Labute approximate surface area is 143 Å². The van der Waals surface area contributed by atoms with Gasteiger partial charge in [0.05, 0.1) is 17.0 Å². The van der Waals surface area contributed by atoms with Crippen molar-refractivity contribution in [3.8, 4) is 0 Å². The van der Waals surface area contributed by atoms with Gasteiger partial charge in [0.15, 0.2) is 0 Å². The van der Waals surface area contributed by atoms with Crippen molar-refractivity contribution in [2.45, 2.75) is 39.5 Å². The van der Waals surface area contributed by atoms with Gasteiger partial charge in [-0.05, 0) is 63.3 Å². The van der Waals surface area contributed by atoms with Crippen molar-refractivity contribution in [1.29, 1.82) is 0 Å². The summed E-state index contributed by atoms with van der Waals surface area (Å²) < 4.78 is 52.7. The van der Waals surface area contributed by atoms with Crippen LogP contribution in [0.25, 0.3) is 10.9 Å². The van der Waals surface area contributed by atoms with Crippen molar-refractivity contribution in [2.75, 3.05) is 16.2 Å². The second-order valence-corrected chi connectivity index (χ2v) is 10.2. The van der Waals surface area contributed by atoms with E-state index in [1.165, 1.54) is 3.97 Å². The molecule has 0 spiro atoms. The number of rotatable bonds is 5. The average molecular weight is 370 g/mol. The zero-order chi connectivity index (χ0) is 17.5. The van der Waals surface area contributed by atoms with E-state index in [1.54, 1.807) is 32.0 Å². The van der Waals surface area contributed by atoms with Gasteiger partial charge in [-0.25, -0.2) is 20.8 Å². The molecule has 2 aromatic rings. The van der Waals surface area contributed by atoms with Crippen LogP contribution >= 0.6 is 0 Å². The molecule has 6 nitrogen and oxygen atoms in total. The van der Waals surface area contributed by atoms with E-state index in [1.807, 2.05) is 0 Å². The first-order valence-corrected chi connectivity index (χ1v) is 11.4. The van der Waals surface area contributed by atoms with Crippen LogP contribution in [0.2, 0.25) is 0 Å². The van der Waals surface area contributed by atoms with Crippen LogP contribution in [0.1, 0.15) is 37.9 Å². The summed E-state index contributed by atoms with van der Waals surface area (Å²) in [6.45, 7) is 3.22. The Hall–Kier alpha value is -1.54. The minimum atomic E-state index is -3.40. The third-order valence-electron chi connectivity index (χ3n) is 4.52. The summed E-state index contributed by atoms with van der Waals surface area (Å²) in [4.78, 5) is 0. The highest BCUT2D eigenvalue weighted by Crippen LogP contribution is 2.35. The molecular weight excluding hydrogens is 348 g/mol. The number of sulfonamides is 1. The molecule has 0 amide bonds. The number of hydrogen-bond donors (Lipinski definition) is 1. The molecule has 0 radical (unpaired) electrons. The Morgan fingerprint density at radius 1 is 1.04 bits per heavy atom. The number of aryl methyl sites for hydroxylation is 1. The van der Waals surface area contributed by atoms with Gasteiger partial charge >= 0.3 is 0 Å². The van der Waals surface area contributed by atoms with E-state index in [2.05, 4.69) is 4.72 Å².